The number of fused-ring (bicyclic) bond motifs is 1. The van der Waals surface area contributed by atoms with Crippen molar-refractivity contribution in [1.82, 2.24) is 5.32 Å². The molecule has 0 radical (unpaired) electrons. The van der Waals surface area contributed by atoms with E-state index < -0.39 is 0 Å². The van der Waals surface area contributed by atoms with Crippen LogP contribution >= 0.6 is 11.8 Å². The van der Waals surface area contributed by atoms with E-state index in [1.54, 1.807) is 11.8 Å². The summed E-state index contributed by atoms with van der Waals surface area (Å²) in [5.41, 5.74) is 1.40. The van der Waals surface area contributed by atoms with E-state index in [4.69, 9.17) is 0 Å². The maximum atomic E-state index is 12.6. The van der Waals surface area contributed by atoms with Gasteiger partial charge in [-0.05, 0) is 43.4 Å². The minimum Gasteiger partial charge on any atom is -0.349 e. The molecule has 1 aliphatic carbocycles. The van der Waals surface area contributed by atoms with Crippen molar-refractivity contribution in [3.05, 3.63) is 23.8 Å². The highest BCUT2D eigenvalue weighted by Gasteiger charge is 2.28. The van der Waals surface area contributed by atoms with Crippen LogP contribution in [0.25, 0.3) is 0 Å². The minimum absolute atomic E-state index is 0.0188. The number of nitrogens with one attached hydrogen (secondary N) is 2. The number of unbranched alkanes of at least 4 members (excludes halogenated alkanes) is 1. The van der Waals surface area contributed by atoms with Crippen molar-refractivity contribution in [2.75, 3.05) is 11.1 Å². The van der Waals surface area contributed by atoms with Crippen LogP contribution in [0, 0.1) is 5.92 Å². The van der Waals surface area contributed by atoms with Crippen molar-refractivity contribution in [2.24, 2.45) is 5.92 Å². The minimum atomic E-state index is -0.0188. The zero-order valence-corrected chi connectivity index (χ0v) is 15.1. The zero-order valence-electron chi connectivity index (χ0n) is 14.3. The number of carbonyl (C=O) groups is 2. The van der Waals surface area contributed by atoms with Crippen molar-refractivity contribution in [3.8, 4) is 0 Å². The van der Waals surface area contributed by atoms with Gasteiger partial charge in [0.1, 0.15) is 0 Å². The van der Waals surface area contributed by atoms with Gasteiger partial charge < -0.3 is 10.6 Å². The van der Waals surface area contributed by atoms with Crippen molar-refractivity contribution in [2.45, 2.75) is 62.8 Å². The lowest BCUT2D eigenvalue weighted by atomic mass is 9.96. The van der Waals surface area contributed by atoms with E-state index in [0.29, 0.717) is 23.9 Å². The van der Waals surface area contributed by atoms with Gasteiger partial charge >= 0.3 is 0 Å². The molecule has 1 saturated carbocycles. The zero-order chi connectivity index (χ0) is 16.9. The van der Waals surface area contributed by atoms with Crippen LogP contribution in [0.2, 0.25) is 0 Å². The number of benzene rings is 1. The molecule has 1 aliphatic heterocycles. The molecule has 24 heavy (non-hydrogen) atoms. The molecule has 0 aromatic heterocycles. The average Bonchev–Trinajstić information content (AvgIpc) is 2.91. The summed E-state index contributed by atoms with van der Waals surface area (Å²) in [6.45, 7) is 2.21. The molecule has 0 saturated heterocycles. The van der Waals surface area contributed by atoms with E-state index in [-0.39, 0.29) is 11.8 Å². The quantitative estimate of drug-likeness (QED) is 0.839. The number of hydrogen-bond acceptors (Lipinski definition) is 3. The first kappa shape index (κ1) is 17.3. The van der Waals surface area contributed by atoms with Crippen LogP contribution in [0.4, 0.5) is 5.69 Å². The molecular formula is C19H26N2O2S. The van der Waals surface area contributed by atoms with Crippen molar-refractivity contribution in [1.29, 1.82) is 0 Å². The summed E-state index contributed by atoms with van der Waals surface area (Å²) in [6, 6.07) is 5.93. The van der Waals surface area contributed by atoms with E-state index in [1.165, 1.54) is 32.1 Å². The molecule has 2 unspecified atom stereocenters. The van der Waals surface area contributed by atoms with Crippen LogP contribution in [0.15, 0.2) is 23.1 Å². The Bertz CT molecular complexity index is 617. The molecular weight excluding hydrogens is 320 g/mol. The number of anilines is 1. The summed E-state index contributed by atoms with van der Waals surface area (Å²) < 4.78 is 0. The lowest BCUT2D eigenvalue weighted by Gasteiger charge is -2.21. The number of carbonyl (C=O) groups excluding carboxylic acids is 2. The standard InChI is InChI=1S/C19H26N2O2S/c1-2-3-5-13-6-4-7-15(13)21-19(23)14-8-9-17-16(12-14)20-18(22)10-11-24-17/h8-9,12-13,15H,2-7,10-11H2,1H3,(H,20,22)(H,21,23). The van der Waals surface area contributed by atoms with Crippen molar-refractivity contribution in [3.63, 3.8) is 0 Å². The second-order valence-corrected chi connectivity index (χ2v) is 7.91. The highest BCUT2D eigenvalue weighted by Crippen LogP contribution is 2.32. The second-order valence-electron chi connectivity index (χ2n) is 6.77. The molecule has 1 aromatic rings. The maximum absolute atomic E-state index is 12.6. The number of amides is 2. The SMILES string of the molecule is CCCCC1CCCC1NC(=O)c1ccc2c(c1)NC(=O)CCS2. The second kappa shape index (κ2) is 8.06. The van der Waals surface area contributed by atoms with E-state index in [2.05, 4.69) is 17.6 Å². The smallest absolute Gasteiger partial charge is 0.251 e. The van der Waals surface area contributed by atoms with Gasteiger partial charge in [0.15, 0.2) is 0 Å². The highest BCUT2D eigenvalue weighted by molar-refractivity contribution is 7.99. The van der Waals surface area contributed by atoms with Gasteiger partial charge in [-0.1, -0.05) is 26.2 Å². The molecule has 5 heteroatoms. The third kappa shape index (κ3) is 4.12. The summed E-state index contributed by atoms with van der Waals surface area (Å²) in [6.07, 6.45) is 7.68. The molecule has 1 heterocycles. The average molecular weight is 346 g/mol. The largest absolute Gasteiger partial charge is 0.349 e. The fourth-order valence-electron chi connectivity index (χ4n) is 3.65. The van der Waals surface area contributed by atoms with Gasteiger partial charge in [0.2, 0.25) is 5.91 Å². The molecule has 2 amide bonds. The number of thioether (sulfide) groups is 1. The third-order valence-corrected chi connectivity index (χ3v) is 6.08. The fourth-order valence-corrected chi connectivity index (χ4v) is 4.59. The summed E-state index contributed by atoms with van der Waals surface area (Å²) in [5, 5.41) is 6.14. The summed E-state index contributed by atoms with van der Waals surface area (Å²) in [7, 11) is 0. The Morgan fingerprint density at radius 1 is 1.38 bits per heavy atom. The molecule has 4 nitrogen and oxygen atoms in total. The number of rotatable bonds is 5. The molecule has 2 aliphatic rings. The Morgan fingerprint density at radius 3 is 3.08 bits per heavy atom. The first-order chi connectivity index (χ1) is 11.7. The van der Waals surface area contributed by atoms with E-state index >= 15 is 0 Å². The lowest BCUT2D eigenvalue weighted by molar-refractivity contribution is -0.115. The van der Waals surface area contributed by atoms with Crippen LogP contribution in [-0.4, -0.2) is 23.6 Å². The number of hydrogen-bond donors (Lipinski definition) is 2. The van der Waals surface area contributed by atoms with Gasteiger partial charge in [-0.2, -0.15) is 0 Å². The maximum Gasteiger partial charge on any atom is 0.251 e. The summed E-state index contributed by atoms with van der Waals surface area (Å²) in [5.74, 6) is 1.40. The van der Waals surface area contributed by atoms with Gasteiger partial charge in [-0.3, -0.25) is 9.59 Å². The fraction of sp³-hybridized carbons (Fsp3) is 0.579. The van der Waals surface area contributed by atoms with E-state index in [0.717, 1.165) is 22.8 Å². The van der Waals surface area contributed by atoms with Gasteiger partial charge in [0.25, 0.3) is 5.91 Å². The first-order valence-corrected chi connectivity index (χ1v) is 10.0. The Morgan fingerprint density at radius 2 is 2.25 bits per heavy atom. The third-order valence-electron chi connectivity index (χ3n) is 5.01. The predicted molar refractivity (Wildman–Crippen MR) is 98.5 cm³/mol. The van der Waals surface area contributed by atoms with E-state index in [9.17, 15) is 9.59 Å². The van der Waals surface area contributed by atoms with Gasteiger partial charge in [0, 0.05) is 28.7 Å². The van der Waals surface area contributed by atoms with E-state index in [1.807, 2.05) is 18.2 Å². The van der Waals surface area contributed by atoms with Crippen LogP contribution in [0.3, 0.4) is 0 Å². The molecule has 0 bridgehead atoms. The Kier molecular flexibility index (Phi) is 5.82. The van der Waals surface area contributed by atoms with Crippen LogP contribution in [-0.2, 0) is 4.79 Å². The van der Waals surface area contributed by atoms with Crippen molar-refractivity contribution >= 4 is 29.3 Å². The van der Waals surface area contributed by atoms with Crippen LogP contribution < -0.4 is 10.6 Å². The summed E-state index contributed by atoms with van der Waals surface area (Å²) >= 11 is 1.66. The lowest BCUT2D eigenvalue weighted by Crippen LogP contribution is -2.37. The van der Waals surface area contributed by atoms with Crippen LogP contribution in [0.5, 0.6) is 0 Å². The molecule has 130 valence electrons. The molecule has 2 atom stereocenters. The van der Waals surface area contributed by atoms with Gasteiger partial charge in [-0.25, -0.2) is 0 Å². The monoisotopic (exact) mass is 346 g/mol. The molecule has 1 fully saturated rings. The molecule has 2 N–H and O–H groups in total. The van der Waals surface area contributed by atoms with Crippen LogP contribution in [0.1, 0.15) is 62.2 Å². The Labute approximate surface area is 148 Å². The normalized spacial score (nSPS) is 23.3. The Hall–Kier alpha value is -1.49. The van der Waals surface area contributed by atoms with Gasteiger partial charge in [-0.15, -0.1) is 11.8 Å². The van der Waals surface area contributed by atoms with Gasteiger partial charge in [0.05, 0.1) is 5.69 Å². The Balaban J connectivity index is 1.68. The molecule has 0 spiro atoms. The predicted octanol–water partition coefficient (Wildman–Crippen LogP) is 4.21. The highest BCUT2D eigenvalue weighted by atomic mass is 32.2. The molecule has 1 aromatic carbocycles. The van der Waals surface area contributed by atoms with Crippen molar-refractivity contribution < 1.29 is 9.59 Å². The molecule has 3 rings (SSSR count). The first-order valence-electron chi connectivity index (χ1n) is 9.05. The summed E-state index contributed by atoms with van der Waals surface area (Å²) in [4.78, 5) is 25.4. The topological polar surface area (TPSA) is 58.2 Å².